The van der Waals surface area contributed by atoms with Gasteiger partial charge in [-0.1, -0.05) is 0 Å². The van der Waals surface area contributed by atoms with E-state index in [1.807, 2.05) is 0 Å². The van der Waals surface area contributed by atoms with E-state index in [2.05, 4.69) is 0 Å². The van der Waals surface area contributed by atoms with Crippen LogP contribution in [0.1, 0.15) is 26.2 Å². The van der Waals surface area contributed by atoms with Crippen molar-refractivity contribution < 1.29 is 19.0 Å². The van der Waals surface area contributed by atoms with Crippen molar-refractivity contribution in [2.75, 3.05) is 0 Å². The van der Waals surface area contributed by atoms with Gasteiger partial charge in [0.1, 0.15) is 12.2 Å². The Balaban J connectivity index is 1.58. The second-order valence-electron chi connectivity index (χ2n) is 5.47. The number of fused-ring (bicyclic) bond motifs is 9. The normalized spacial score (nSPS) is 56.7. The molecule has 0 amide bonds. The van der Waals surface area contributed by atoms with Gasteiger partial charge in [-0.15, -0.1) is 0 Å². The van der Waals surface area contributed by atoms with Crippen LogP contribution in [0.15, 0.2) is 0 Å². The molecule has 4 heteroatoms. The first-order chi connectivity index (χ1) is 7.74. The molecule has 0 aromatic rings. The van der Waals surface area contributed by atoms with Crippen molar-refractivity contribution in [1.82, 2.24) is 0 Å². The highest BCUT2D eigenvalue weighted by Gasteiger charge is 2.65. The fraction of sp³-hybridized carbons (Fsp3) is 0.917. The van der Waals surface area contributed by atoms with Gasteiger partial charge in [0.05, 0.1) is 18.3 Å². The molecule has 4 rings (SSSR count). The lowest BCUT2D eigenvalue weighted by atomic mass is 9.70. The maximum absolute atomic E-state index is 11.0. The molecule has 4 nitrogen and oxygen atoms in total. The molecule has 4 bridgehead atoms. The first-order valence-corrected chi connectivity index (χ1v) is 6.22. The van der Waals surface area contributed by atoms with E-state index in [4.69, 9.17) is 14.2 Å². The van der Waals surface area contributed by atoms with Crippen molar-refractivity contribution in [2.45, 2.75) is 56.7 Å². The first-order valence-electron chi connectivity index (χ1n) is 6.22. The van der Waals surface area contributed by atoms with Crippen molar-refractivity contribution in [3.63, 3.8) is 0 Å². The number of carbonyl (C=O) groups is 1. The van der Waals surface area contributed by atoms with Crippen molar-refractivity contribution in [2.24, 2.45) is 11.8 Å². The van der Waals surface area contributed by atoms with E-state index in [0.717, 1.165) is 12.8 Å². The predicted octanol–water partition coefficient (Wildman–Crippen LogP) is 0.883. The van der Waals surface area contributed by atoms with E-state index in [-0.39, 0.29) is 24.3 Å². The summed E-state index contributed by atoms with van der Waals surface area (Å²) in [5.41, 5.74) is 0. The van der Waals surface area contributed by atoms with Gasteiger partial charge in [0, 0.05) is 25.2 Å². The molecule has 7 unspecified atom stereocenters. The first kappa shape index (κ1) is 9.42. The van der Waals surface area contributed by atoms with E-state index < -0.39 is 0 Å². The summed E-state index contributed by atoms with van der Waals surface area (Å²) in [5, 5.41) is 0. The molecule has 0 N–H and O–H groups in total. The molecule has 4 fully saturated rings. The Kier molecular flexibility index (Phi) is 1.76. The van der Waals surface area contributed by atoms with Crippen molar-refractivity contribution in [3.8, 4) is 0 Å². The van der Waals surface area contributed by atoms with Gasteiger partial charge in [-0.2, -0.15) is 0 Å². The molecule has 4 saturated heterocycles. The minimum Gasteiger partial charge on any atom is -0.460 e. The fourth-order valence-electron chi connectivity index (χ4n) is 4.29. The van der Waals surface area contributed by atoms with Crippen LogP contribution in [0.2, 0.25) is 0 Å². The number of esters is 1. The Bertz CT molecular complexity index is 342. The highest BCUT2D eigenvalue weighted by Crippen LogP contribution is 2.57. The van der Waals surface area contributed by atoms with Crippen LogP contribution in [0.5, 0.6) is 0 Å². The summed E-state index contributed by atoms with van der Waals surface area (Å²) in [4.78, 5) is 11.0. The van der Waals surface area contributed by atoms with Crippen molar-refractivity contribution in [3.05, 3.63) is 0 Å². The predicted molar refractivity (Wildman–Crippen MR) is 53.7 cm³/mol. The largest absolute Gasteiger partial charge is 0.460 e. The zero-order valence-corrected chi connectivity index (χ0v) is 9.30. The van der Waals surface area contributed by atoms with Crippen LogP contribution in [0.3, 0.4) is 0 Å². The lowest BCUT2D eigenvalue weighted by molar-refractivity contribution is -0.150. The second-order valence-corrected chi connectivity index (χ2v) is 5.47. The molecule has 0 aromatic carbocycles. The van der Waals surface area contributed by atoms with Gasteiger partial charge in [0.25, 0.3) is 0 Å². The summed E-state index contributed by atoms with van der Waals surface area (Å²) in [6, 6.07) is 0. The van der Waals surface area contributed by atoms with Crippen LogP contribution in [0, 0.1) is 11.8 Å². The second kappa shape index (κ2) is 2.99. The Hall–Kier alpha value is -0.610. The molecule has 7 atom stereocenters. The topological polar surface area (TPSA) is 44.8 Å². The zero-order chi connectivity index (χ0) is 10.9. The molecule has 0 aromatic heterocycles. The van der Waals surface area contributed by atoms with Crippen LogP contribution in [-0.4, -0.2) is 36.5 Å². The van der Waals surface area contributed by atoms with Gasteiger partial charge in [-0.05, 0) is 12.8 Å². The molecule has 16 heavy (non-hydrogen) atoms. The quantitative estimate of drug-likeness (QED) is 0.620. The average molecular weight is 224 g/mol. The summed E-state index contributed by atoms with van der Waals surface area (Å²) in [5.74, 6) is 0.874. The molecule has 4 heterocycles. The molecule has 4 aliphatic heterocycles. The molecule has 88 valence electrons. The van der Waals surface area contributed by atoms with E-state index >= 15 is 0 Å². The average Bonchev–Trinajstić information content (AvgIpc) is 2.93. The molecule has 0 spiro atoms. The van der Waals surface area contributed by atoms with Crippen LogP contribution >= 0.6 is 0 Å². The molecule has 4 aliphatic rings. The lowest BCUT2D eigenvalue weighted by Gasteiger charge is -2.32. The number of hydrogen-bond acceptors (Lipinski definition) is 4. The summed E-state index contributed by atoms with van der Waals surface area (Å²) >= 11 is 0. The van der Waals surface area contributed by atoms with Crippen LogP contribution in [-0.2, 0) is 19.0 Å². The fourth-order valence-corrected chi connectivity index (χ4v) is 4.29. The summed E-state index contributed by atoms with van der Waals surface area (Å²) < 4.78 is 17.3. The maximum atomic E-state index is 11.0. The number of hydrogen-bond donors (Lipinski definition) is 0. The van der Waals surface area contributed by atoms with Crippen molar-refractivity contribution >= 4 is 5.97 Å². The van der Waals surface area contributed by atoms with Gasteiger partial charge in [0.2, 0.25) is 0 Å². The monoisotopic (exact) mass is 224 g/mol. The van der Waals surface area contributed by atoms with Gasteiger partial charge in [0.15, 0.2) is 0 Å². The van der Waals surface area contributed by atoms with Gasteiger partial charge < -0.3 is 14.2 Å². The smallest absolute Gasteiger partial charge is 0.302 e. The standard InChI is InChI=1S/C12H16O4/c1-5(13)14-9-4-8-10-6-2-3-7(15-6)11(10)12(9)16-8/h6-12H,2-4H2,1H3. The van der Waals surface area contributed by atoms with Crippen LogP contribution in [0.25, 0.3) is 0 Å². The highest BCUT2D eigenvalue weighted by atomic mass is 16.6. The molecule has 0 aliphatic carbocycles. The van der Waals surface area contributed by atoms with Gasteiger partial charge in [-0.3, -0.25) is 4.79 Å². The third-order valence-electron chi connectivity index (χ3n) is 4.68. The number of carbonyl (C=O) groups excluding carboxylic acids is 1. The minimum absolute atomic E-state index is 0.0216. The lowest BCUT2D eigenvalue weighted by Crippen LogP contribution is -2.43. The number of ether oxygens (including phenoxy) is 3. The molecular weight excluding hydrogens is 208 g/mol. The Morgan fingerprint density at radius 2 is 1.88 bits per heavy atom. The third-order valence-corrected chi connectivity index (χ3v) is 4.68. The summed E-state index contributed by atoms with van der Waals surface area (Å²) in [6.07, 6.45) is 4.36. The third kappa shape index (κ3) is 1.04. The summed E-state index contributed by atoms with van der Waals surface area (Å²) in [7, 11) is 0. The van der Waals surface area contributed by atoms with Crippen molar-refractivity contribution in [1.29, 1.82) is 0 Å². The van der Waals surface area contributed by atoms with Crippen LogP contribution in [0.4, 0.5) is 0 Å². The van der Waals surface area contributed by atoms with Crippen LogP contribution < -0.4 is 0 Å². The zero-order valence-electron chi connectivity index (χ0n) is 9.30. The minimum atomic E-state index is -0.193. The molecule has 0 radical (unpaired) electrons. The Labute approximate surface area is 94.2 Å². The van der Waals surface area contributed by atoms with E-state index in [0.29, 0.717) is 24.0 Å². The SMILES string of the molecule is CC(=O)OC1CC2OC1C1C3CCC(O3)C21. The Morgan fingerprint density at radius 1 is 1.12 bits per heavy atom. The highest BCUT2D eigenvalue weighted by molar-refractivity contribution is 5.66. The van der Waals surface area contributed by atoms with E-state index in [9.17, 15) is 4.79 Å². The number of rotatable bonds is 1. The van der Waals surface area contributed by atoms with E-state index in [1.165, 1.54) is 13.3 Å². The van der Waals surface area contributed by atoms with Gasteiger partial charge >= 0.3 is 5.97 Å². The summed E-state index contributed by atoms with van der Waals surface area (Å²) in [6.45, 7) is 1.47. The molecule has 0 saturated carbocycles. The maximum Gasteiger partial charge on any atom is 0.302 e. The van der Waals surface area contributed by atoms with E-state index in [1.54, 1.807) is 0 Å². The Morgan fingerprint density at radius 3 is 2.62 bits per heavy atom. The molecular formula is C12H16O4. The van der Waals surface area contributed by atoms with Gasteiger partial charge in [-0.25, -0.2) is 0 Å².